The average Bonchev–Trinajstić information content (AvgIpc) is 3.30. The second kappa shape index (κ2) is 17.9. The zero-order valence-corrected chi connectivity index (χ0v) is 21.4. The third-order valence-corrected chi connectivity index (χ3v) is 3.52. The summed E-state index contributed by atoms with van der Waals surface area (Å²) >= 11 is 4.89. The van der Waals surface area contributed by atoms with E-state index in [-0.39, 0.29) is 27.3 Å². The van der Waals surface area contributed by atoms with Gasteiger partial charge in [0.25, 0.3) is 0 Å². The Kier molecular flexibility index (Phi) is 15.1. The summed E-state index contributed by atoms with van der Waals surface area (Å²) in [5.41, 5.74) is 0.882. The Labute approximate surface area is 209 Å². The van der Waals surface area contributed by atoms with Gasteiger partial charge in [-0.1, -0.05) is 109 Å². The van der Waals surface area contributed by atoms with Gasteiger partial charge in [0.2, 0.25) is 0 Å². The van der Waals surface area contributed by atoms with Crippen LogP contribution in [-0.4, -0.2) is 47.5 Å². The van der Waals surface area contributed by atoms with E-state index in [1.165, 1.54) is 4.68 Å². The number of para-hydroxylation sites is 1. The molecule has 0 spiro atoms. The molecule has 0 fully saturated rings. The first-order valence-corrected chi connectivity index (χ1v) is 9.53. The molecule has 5 rings (SSSR count). The van der Waals surface area contributed by atoms with Crippen LogP contribution in [0, 0.1) is 18.2 Å². The van der Waals surface area contributed by atoms with Crippen LogP contribution in [0.5, 0.6) is 0 Å². The van der Waals surface area contributed by atoms with Gasteiger partial charge in [-0.2, -0.15) is 0 Å². The summed E-state index contributed by atoms with van der Waals surface area (Å²) < 4.78 is 1.51. The Morgan fingerprint density at radius 2 is 0.968 bits per heavy atom. The summed E-state index contributed by atoms with van der Waals surface area (Å²) in [5, 5.41) is 11.2. The molecule has 0 amide bonds. The number of rotatable bonds is 1. The molecule has 0 unspecified atom stereocenters. The maximum atomic E-state index is 4.89. The van der Waals surface area contributed by atoms with Crippen molar-refractivity contribution in [3.8, 4) is 5.69 Å². The number of tetrazole rings is 1. The minimum Gasteiger partial charge on any atom is -0.738 e. The Morgan fingerprint density at radius 3 is 1.23 bits per heavy atom. The molecule has 1 heterocycles. The van der Waals surface area contributed by atoms with E-state index >= 15 is 0 Å². The minimum absolute atomic E-state index is 0. The predicted molar refractivity (Wildman–Crippen MR) is 126 cm³/mol. The zero-order valence-electron chi connectivity index (χ0n) is 16.7. The second-order valence-electron chi connectivity index (χ2n) is 5.44. The Hall–Kier alpha value is -2.91. The normalized spacial score (nSPS) is 8.52. The third kappa shape index (κ3) is 12.4. The van der Waals surface area contributed by atoms with Gasteiger partial charge in [-0.25, -0.2) is 4.68 Å². The van der Waals surface area contributed by atoms with Crippen LogP contribution in [0.25, 0.3) is 5.69 Å². The summed E-state index contributed by atoms with van der Waals surface area (Å²) in [4.78, 5) is 0. The first-order chi connectivity index (χ1) is 14.9. The summed E-state index contributed by atoms with van der Waals surface area (Å²) in [6.07, 6.45) is 0. The quantitative estimate of drug-likeness (QED) is 0.204. The minimum atomic E-state index is 0. The van der Waals surface area contributed by atoms with Crippen LogP contribution in [0.1, 0.15) is 0 Å². The van der Waals surface area contributed by atoms with Crippen molar-refractivity contribution < 1.29 is 0 Å². The van der Waals surface area contributed by atoms with Crippen molar-refractivity contribution in [3.63, 3.8) is 0 Å². The summed E-state index contributed by atoms with van der Waals surface area (Å²) in [5.74, 6) is 0. The Balaban J connectivity index is 0.000000218. The largest absolute Gasteiger partial charge is 0.738 e. The smallest absolute Gasteiger partial charge is 0.0664 e. The van der Waals surface area contributed by atoms with Gasteiger partial charge in [0.1, 0.15) is 0 Å². The van der Waals surface area contributed by atoms with Crippen LogP contribution in [0.2, 0.25) is 0 Å². The van der Waals surface area contributed by atoms with Gasteiger partial charge >= 0.3 is 0 Å². The molecule has 0 aliphatic heterocycles. The summed E-state index contributed by atoms with van der Waals surface area (Å²) in [6.45, 7) is 0. The van der Waals surface area contributed by atoms with E-state index in [9.17, 15) is 0 Å². The standard InChI is InChI=1S/C7H6N4S.3C6H5.Pb/c12-7-8-9-10-11(7)6-4-2-1-3-5-6;3*1-2-4-6-5-3-1;/h1-5H,(H,8,10,12);3*1-5H;/p-1. The molecule has 0 aliphatic carbocycles. The Morgan fingerprint density at radius 1 is 0.581 bits per heavy atom. The van der Waals surface area contributed by atoms with Crippen molar-refractivity contribution in [1.29, 1.82) is 0 Å². The van der Waals surface area contributed by atoms with Gasteiger partial charge in [0, 0.05) is 32.5 Å². The molecular formula is C25H20N4PbS-. The number of aromatic nitrogens is 4. The van der Waals surface area contributed by atoms with Crippen LogP contribution < -0.4 is 0 Å². The molecule has 4 aromatic carbocycles. The zero-order chi connectivity index (χ0) is 21.1. The van der Waals surface area contributed by atoms with Crippen molar-refractivity contribution >= 4 is 39.9 Å². The molecule has 0 saturated heterocycles. The molecule has 0 bridgehead atoms. The van der Waals surface area contributed by atoms with Crippen molar-refractivity contribution in [2.45, 2.75) is 5.16 Å². The fraction of sp³-hybridized carbons (Fsp3) is 0. The van der Waals surface area contributed by atoms with Gasteiger partial charge in [0.15, 0.2) is 0 Å². The molecule has 31 heavy (non-hydrogen) atoms. The molecule has 0 saturated carbocycles. The SMILES string of the molecule is [Pb].[S-]c1nnnn1-c1ccccc1.[c]1ccccc1.[c]1ccccc1.[c]1ccccc1. The van der Waals surface area contributed by atoms with E-state index in [4.69, 9.17) is 12.6 Å². The van der Waals surface area contributed by atoms with E-state index in [0.717, 1.165) is 5.69 Å². The summed E-state index contributed by atoms with van der Waals surface area (Å²) in [6, 6.07) is 47.0. The molecule has 0 aliphatic rings. The summed E-state index contributed by atoms with van der Waals surface area (Å²) in [7, 11) is 0. The predicted octanol–water partition coefficient (Wildman–Crippen LogP) is 4.65. The van der Waals surface area contributed by atoms with E-state index in [0.29, 0.717) is 5.16 Å². The molecule has 4 nitrogen and oxygen atoms in total. The fourth-order valence-corrected chi connectivity index (χ4v) is 2.11. The maximum absolute atomic E-state index is 4.89. The van der Waals surface area contributed by atoms with Crippen molar-refractivity contribution in [2.24, 2.45) is 0 Å². The van der Waals surface area contributed by atoms with E-state index < -0.39 is 0 Å². The van der Waals surface area contributed by atoms with Crippen LogP contribution in [0.15, 0.2) is 126 Å². The molecule has 151 valence electrons. The fourth-order valence-electron chi connectivity index (χ4n) is 1.94. The number of hydrogen-bond acceptors (Lipinski definition) is 4. The first kappa shape index (κ1) is 26.1. The first-order valence-electron chi connectivity index (χ1n) is 9.12. The molecule has 7 radical (unpaired) electrons. The van der Waals surface area contributed by atoms with Gasteiger partial charge in [-0.05, 0) is 40.8 Å². The van der Waals surface area contributed by atoms with E-state index in [1.54, 1.807) is 0 Å². The van der Waals surface area contributed by atoms with Gasteiger partial charge < -0.3 is 12.6 Å². The maximum Gasteiger partial charge on any atom is 0.0664 e. The van der Waals surface area contributed by atoms with E-state index in [1.807, 2.05) is 121 Å². The van der Waals surface area contributed by atoms with Gasteiger partial charge in [0.05, 0.1) is 5.69 Å². The van der Waals surface area contributed by atoms with Gasteiger partial charge in [-0.15, -0.1) is 5.10 Å². The van der Waals surface area contributed by atoms with Crippen LogP contribution in [0.4, 0.5) is 0 Å². The van der Waals surface area contributed by atoms with Crippen molar-refractivity contribution in [2.75, 3.05) is 0 Å². The Bertz CT molecular complexity index is 844. The van der Waals surface area contributed by atoms with Crippen LogP contribution in [-0.2, 0) is 12.6 Å². The van der Waals surface area contributed by atoms with Gasteiger partial charge in [-0.3, -0.25) is 0 Å². The van der Waals surface area contributed by atoms with Crippen molar-refractivity contribution in [1.82, 2.24) is 20.2 Å². The third-order valence-electron chi connectivity index (χ3n) is 3.26. The molecule has 0 N–H and O–H groups in total. The molecule has 0 atom stereocenters. The average molecular weight is 616 g/mol. The number of nitrogens with zero attached hydrogens (tertiary/aromatic N) is 4. The number of hydrogen-bond donors (Lipinski definition) is 0. The van der Waals surface area contributed by atoms with E-state index in [2.05, 4.69) is 33.7 Å². The topological polar surface area (TPSA) is 43.6 Å². The van der Waals surface area contributed by atoms with Crippen LogP contribution in [0.3, 0.4) is 0 Å². The monoisotopic (exact) mass is 616 g/mol. The van der Waals surface area contributed by atoms with Crippen LogP contribution >= 0.6 is 0 Å². The molecule has 5 aromatic rings. The molecular weight excluding hydrogens is 596 g/mol. The molecule has 6 heteroatoms. The number of benzene rings is 4. The molecule has 1 aromatic heterocycles. The van der Waals surface area contributed by atoms with Crippen molar-refractivity contribution in [3.05, 3.63) is 140 Å². The second-order valence-corrected chi connectivity index (χ2v) is 5.81.